The Kier molecular flexibility index (Phi) is 7.04. The zero-order valence-electron chi connectivity index (χ0n) is 17.4. The Morgan fingerprint density at radius 2 is 1.79 bits per heavy atom. The highest BCUT2D eigenvalue weighted by Crippen LogP contribution is 2.27. The van der Waals surface area contributed by atoms with E-state index < -0.39 is 0 Å². The average Bonchev–Trinajstić information content (AvgIpc) is 3.16. The van der Waals surface area contributed by atoms with Crippen molar-refractivity contribution >= 4 is 28.3 Å². The van der Waals surface area contributed by atoms with Crippen LogP contribution < -0.4 is 10.2 Å². The smallest absolute Gasteiger partial charge is 0.226 e. The summed E-state index contributed by atoms with van der Waals surface area (Å²) in [5, 5.41) is 12.3. The van der Waals surface area contributed by atoms with Crippen molar-refractivity contribution in [1.29, 1.82) is 0 Å². The van der Waals surface area contributed by atoms with E-state index in [2.05, 4.69) is 36.3 Å². The van der Waals surface area contributed by atoms with Gasteiger partial charge in [0.2, 0.25) is 16.9 Å². The summed E-state index contributed by atoms with van der Waals surface area (Å²) in [6.45, 7) is 9.91. The summed E-state index contributed by atoms with van der Waals surface area (Å²) < 4.78 is 0. The molecule has 1 aliphatic carbocycles. The molecule has 1 aromatic heterocycles. The molecule has 2 fully saturated rings. The van der Waals surface area contributed by atoms with Crippen molar-refractivity contribution < 1.29 is 14.5 Å². The fourth-order valence-electron chi connectivity index (χ4n) is 4.10. The van der Waals surface area contributed by atoms with Crippen LogP contribution in [0.15, 0.2) is 0 Å². The molecular formula is C20H34N5O2S+. The molecule has 156 valence electrons. The van der Waals surface area contributed by atoms with Crippen molar-refractivity contribution in [3.05, 3.63) is 5.01 Å². The SMILES string of the molecule is CC(C)(C)c1nnc(NC(=O)CCC(=O)N2CC[NH+](C3CCCCC3)CC2)s1. The van der Waals surface area contributed by atoms with Gasteiger partial charge in [0, 0.05) is 18.3 Å². The number of nitrogens with zero attached hydrogens (tertiary/aromatic N) is 3. The van der Waals surface area contributed by atoms with Crippen LogP contribution in [0.3, 0.4) is 0 Å². The fourth-order valence-corrected chi connectivity index (χ4v) is 4.92. The van der Waals surface area contributed by atoms with E-state index >= 15 is 0 Å². The average molecular weight is 409 g/mol. The molecule has 1 aromatic rings. The van der Waals surface area contributed by atoms with Crippen LogP contribution in [0.2, 0.25) is 0 Å². The van der Waals surface area contributed by atoms with Crippen LogP contribution in [-0.4, -0.2) is 59.1 Å². The van der Waals surface area contributed by atoms with Gasteiger partial charge >= 0.3 is 0 Å². The van der Waals surface area contributed by atoms with Gasteiger partial charge in [-0.05, 0) is 25.7 Å². The van der Waals surface area contributed by atoms with Crippen molar-refractivity contribution in [3.63, 3.8) is 0 Å². The highest BCUT2D eigenvalue weighted by Gasteiger charge is 2.30. The van der Waals surface area contributed by atoms with Gasteiger partial charge in [0.1, 0.15) is 5.01 Å². The molecular weight excluding hydrogens is 374 g/mol. The maximum absolute atomic E-state index is 12.5. The summed E-state index contributed by atoms with van der Waals surface area (Å²) in [7, 11) is 0. The van der Waals surface area contributed by atoms with Gasteiger partial charge < -0.3 is 15.1 Å². The Morgan fingerprint density at radius 3 is 2.39 bits per heavy atom. The number of anilines is 1. The molecule has 28 heavy (non-hydrogen) atoms. The maximum atomic E-state index is 12.5. The third kappa shape index (κ3) is 5.73. The van der Waals surface area contributed by atoms with Crippen LogP contribution in [-0.2, 0) is 15.0 Å². The molecule has 7 nitrogen and oxygen atoms in total. The van der Waals surface area contributed by atoms with E-state index in [1.165, 1.54) is 43.4 Å². The number of carbonyl (C=O) groups is 2. The van der Waals surface area contributed by atoms with Gasteiger partial charge in [-0.1, -0.05) is 38.5 Å². The van der Waals surface area contributed by atoms with Gasteiger partial charge in [-0.2, -0.15) is 0 Å². The first-order valence-electron chi connectivity index (χ1n) is 10.6. The number of hydrogen-bond donors (Lipinski definition) is 2. The van der Waals surface area contributed by atoms with Crippen molar-refractivity contribution in [2.45, 2.75) is 77.2 Å². The summed E-state index contributed by atoms with van der Waals surface area (Å²) in [4.78, 5) is 28.3. The van der Waals surface area contributed by atoms with Crippen molar-refractivity contribution in [1.82, 2.24) is 15.1 Å². The monoisotopic (exact) mass is 408 g/mol. The Labute approximate surface area is 171 Å². The lowest BCUT2D eigenvalue weighted by molar-refractivity contribution is -0.930. The van der Waals surface area contributed by atoms with E-state index in [1.807, 2.05) is 4.90 Å². The molecule has 0 atom stereocenters. The first kappa shape index (κ1) is 21.2. The fraction of sp³-hybridized carbons (Fsp3) is 0.800. The minimum absolute atomic E-state index is 0.0850. The molecule has 2 amide bonds. The van der Waals surface area contributed by atoms with Gasteiger partial charge in [0.05, 0.1) is 32.2 Å². The minimum Gasteiger partial charge on any atom is -0.331 e. The standard InChI is InChI=1S/C20H33N5O2S/c1-20(2,3)18-22-23-19(28-18)21-16(26)9-10-17(27)25-13-11-24(12-14-25)15-7-5-4-6-8-15/h15H,4-14H2,1-3H3,(H,21,23,26)/p+1. The molecule has 8 heteroatoms. The number of carbonyl (C=O) groups excluding carboxylic acids is 2. The normalized spacial score (nSPS) is 19.6. The Morgan fingerprint density at radius 1 is 1.11 bits per heavy atom. The van der Waals surface area contributed by atoms with Crippen molar-refractivity contribution in [2.75, 3.05) is 31.5 Å². The number of nitrogens with one attached hydrogen (secondary N) is 2. The third-order valence-corrected chi connectivity index (χ3v) is 7.08. The van der Waals surface area contributed by atoms with E-state index in [9.17, 15) is 9.59 Å². The lowest BCUT2D eigenvalue weighted by Crippen LogP contribution is -3.18. The van der Waals surface area contributed by atoms with Gasteiger partial charge in [-0.3, -0.25) is 9.59 Å². The second-order valence-corrected chi connectivity index (χ2v) is 10.1. The van der Waals surface area contributed by atoms with Gasteiger partial charge in [0.15, 0.2) is 0 Å². The van der Waals surface area contributed by atoms with Crippen LogP contribution in [0.1, 0.15) is 70.7 Å². The minimum atomic E-state index is -0.170. The molecule has 0 radical (unpaired) electrons. The second kappa shape index (κ2) is 9.31. The third-order valence-electron chi connectivity index (χ3n) is 5.82. The highest BCUT2D eigenvalue weighted by atomic mass is 32.1. The molecule has 3 rings (SSSR count). The number of quaternary nitrogens is 1. The summed E-state index contributed by atoms with van der Waals surface area (Å²) in [5.41, 5.74) is -0.0850. The zero-order chi connectivity index (χ0) is 20.1. The van der Waals surface area contributed by atoms with Gasteiger partial charge in [0.25, 0.3) is 0 Å². The van der Waals surface area contributed by atoms with Crippen LogP contribution in [0.25, 0.3) is 0 Å². The van der Waals surface area contributed by atoms with E-state index in [1.54, 1.807) is 4.90 Å². The summed E-state index contributed by atoms with van der Waals surface area (Å²) in [5.74, 6) is -0.0816. The van der Waals surface area contributed by atoms with E-state index in [-0.39, 0.29) is 30.1 Å². The lowest BCUT2D eigenvalue weighted by Gasteiger charge is -2.38. The van der Waals surface area contributed by atoms with Gasteiger partial charge in [-0.25, -0.2) is 0 Å². The topological polar surface area (TPSA) is 79.6 Å². The molecule has 2 N–H and O–H groups in total. The van der Waals surface area contributed by atoms with E-state index in [0.717, 1.165) is 37.2 Å². The second-order valence-electron chi connectivity index (χ2n) is 9.08. The highest BCUT2D eigenvalue weighted by molar-refractivity contribution is 7.15. The van der Waals surface area contributed by atoms with Crippen LogP contribution in [0, 0.1) is 0 Å². The zero-order valence-corrected chi connectivity index (χ0v) is 18.2. The summed E-state index contributed by atoms with van der Waals surface area (Å²) in [6, 6.07) is 0.793. The predicted molar refractivity (Wildman–Crippen MR) is 111 cm³/mol. The Bertz CT molecular complexity index is 670. The molecule has 0 spiro atoms. The maximum Gasteiger partial charge on any atom is 0.226 e. The predicted octanol–water partition coefficient (Wildman–Crippen LogP) is 1.61. The summed E-state index contributed by atoms with van der Waals surface area (Å²) in [6.07, 6.45) is 7.23. The number of aromatic nitrogens is 2. The van der Waals surface area contributed by atoms with E-state index in [0.29, 0.717) is 5.13 Å². The largest absolute Gasteiger partial charge is 0.331 e. The first-order valence-corrected chi connectivity index (χ1v) is 11.4. The van der Waals surface area contributed by atoms with Crippen LogP contribution >= 0.6 is 11.3 Å². The Balaban J connectivity index is 1.38. The van der Waals surface area contributed by atoms with Crippen LogP contribution in [0.4, 0.5) is 5.13 Å². The molecule has 1 aliphatic heterocycles. The van der Waals surface area contributed by atoms with Crippen molar-refractivity contribution in [3.8, 4) is 0 Å². The first-order chi connectivity index (χ1) is 13.3. The molecule has 0 unspecified atom stereocenters. The summed E-state index contributed by atoms with van der Waals surface area (Å²) >= 11 is 1.39. The van der Waals surface area contributed by atoms with Crippen LogP contribution in [0.5, 0.6) is 0 Å². The molecule has 1 saturated carbocycles. The lowest BCUT2D eigenvalue weighted by atomic mass is 9.94. The van der Waals surface area contributed by atoms with Gasteiger partial charge in [-0.15, -0.1) is 10.2 Å². The Hall–Kier alpha value is -1.54. The van der Waals surface area contributed by atoms with Crippen molar-refractivity contribution in [2.24, 2.45) is 0 Å². The van der Waals surface area contributed by atoms with E-state index in [4.69, 9.17) is 0 Å². The number of hydrogen-bond acceptors (Lipinski definition) is 5. The quantitative estimate of drug-likeness (QED) is 0.776. The molecule has 1 saturated heterocycles. The molecule has 0 bridgehead atoms. The molecule has 2 aliphatic rings. The molecule has 2 heterocycles. The number of piperazine rings is 1. The molecule has 0 aromatic carbocycles. The number of rotatable bonds is 5. The number of amides is 2.